The Morgan fingerprint density at radius 2 is 1.87 bits per heavy atom. The van der Waals surface area contributed by atoms with E-state index in [1.165, 1.54) is 5.56 Å². The van der Waals surface area contributed by atoms with Gasteiger partial charge in [0.2, 0.25) is 5.91 Å². The molecule has 1 aliphatic rings. The van der Waals surface area contributed by atoms with E-state index in [-0.39, 0.29) is 23.0 Å². The van der Waals surface area contributed by atoms with Crippen molar-refractivity contribution in [3.05, 3.63) is 29.8 Å². The van der Waals surface area contributed by atoms with Gasteiger partial charge in [-0.15, -0.1) is 11.8 Å². The van der Waals surface area contributed by atoms with Crippen LogP contribution in [-0.2, 0) is 14.3 Å². The van der Waals surface area contributed by atoms with E-state index in [0.717, 1.165) is 4.90 Å². The second kappa shape index (κ2) is 8.39. The van der Waals surface area contributed by atoms with E-state index in [9.17, 15) is 9.59 Å². The summed E-state index contributed by atoms with van der Waals surface area (Å²) >= 11 is 1.59. The third kappa shape index (κ3) is 4.99. The molecular weight excluding hydrogens is 310 g/mol. The highest BCUT2D eigenvalue weighted by molar-refractivity contribution is 8.00. The Morgan fingerprint density at radius 1 is 1.26 bits per heavy atom. The highest BCUT2D eigenvalue weighted by Gasteiger charge is 2.30. The lowest BCUT2D eigenvalue weighted by Gasteiger charge is -2.32. The van der Waals surface area contributed by atoms with Crippen LogP contribution in [0.1, 0.15) is 32.3 Å². The Balaban J connectivity index is 1.84. The molecule has 23 heavy (non-hydrogen) atoms. The summed E-state index contributed by atoms with van der Waals surface area (Å²) in [5, 5.41) is -0.114. The van der Waals surface area contributed by atoms with Gasteiger partial charge in [-0.3, -0.25) is 9.59 Å². The number of likely N-dealkylation sites (tertiary alicyclic amines) is 1. The van der Waals surface area contributed by atoms with E-state index in [2.05, 4.69) is 31.2 Å². The number of carbonyl (C=O) groups is 2. The molecule has 0 radical (unpaired) electrons. The molecule has 1 heterocycles. The quantitative estimate of drug-likeness (QED) is 0.612. The second-order valence-electron chi connectivity index (χ2n) is 5.92. The number of aryl methyl sites for hydroxylation is 1. The minimum Gasteiger partial charge on any atom is -0.466 e. The van der Waals surface area contributed by atoms with Gasteiger partial charge in [-0.1, -0.05) is 17.7 Å². The summed E-state index contributed by atoms with van der Waals surface area (Å²) in [5.41, 5.74) is 1.22. The van der Waals surface area contributed by atoms with Gasteiger partial charge in [0.1, 0.15) is 0 Å². The Bertz CT molecular complexity index is 536. The summed E-state index contributed by atoms with van der Waals surface area (Å²) in [6.07, 6.45) is 1.40. The van der Waals surface area contributed by atoms with Gasteiger partial charge in [-0.05, 0) is 45.7 Å². The fraction of sp³-hybridized carbons (Fsp3) is 0.556. The molecule has 2 rings (SSSR count). The maximum absolute atomic E-state index is 12.6. The van der Waals surface area contributed by atoms with Crippen LogP contribution in [0.4, 0.5) is 0 Å². The average molecular weight is 335 g/mol. The molecule has 0 aromatic heterocycles. The number of hydrogen-bond donors (Lipinski definition) is 0. The largest absolute Gasteiger partial charge is 0.466 e. The number of rotatable bonds is 5. The first-order valence-corrected chi connectivity index (χ1v) is 9.08. The van der Waals surface area contributed by atoms with E-state index in [0.29, 0.717) is 32.5 Å². The van der Waals surface area contributed by atoms with E-state index >= 15 is 0 Å². The topological polar surface area (TPSA) is 46.6 Å². The molecule has 1 atom stereocenters. The standard InChI is InChI=1S/C18H25NO3S/c1-4-22-18(21)15-9-11-19(12-10-15)17(20)14(3)23-16-7-5-13(2)6-8-16/h5-8,14-15H,4,9-12H2,1-3H3/t14-/m1/s1. The number of thioether (sulfide) groups is 1. The van der Waals surface area contributed by atoms with Crippen molar-refractivity contribution < 1.29 is 14.3 Å². The molecule has 0 unspecified atom stereocenters. The van der Waals surface area contributed by atoms with Crippen LogP contribution in [0, 0.1) is 12.8 Å². The molecule has 1 aromatic carbocycles. The average Bonchev–Trinajstić information content (AvgIpc) is 2.56. The Morgan fingerprint density at radius 3 is 2.43 bits per heavy atom. The van der Waals surface area contributed by atoms with Crippen molar-refractivity contribution in [2.75, 3.05) is 19.7 Å². The van der Waals surface area contributed by atoms with E-state index in [1.54, 1.807) is 11.8 Å². The van der Waals surface area contributed by atoms with Gasteiger partial charge in [0.05, 0.1) is 17.8 Å². The van der Waals surface area contributed by atoms with Crippen molar-refractivity contribution in [2.24, 2.45) is 5.92 Å². The van der Waals surface area contributed by atoms with Gasteiger partial charge in [0.25, 0.3) is 0 Å². The number of carbonyl (C=O) groups excluding carboxylic acids is 2. The van der Waals surface area contributed by atoms with Gasteiger partial charge in [0.15, 0.2) is 0 Å². The van der Waals surface area contributed by atoms with Crippen molar-refractivity contribution in [1.29, 1.82) is 0 Å². The van der Waals surface area contributed by atoms with Crippen LogP contribution in [0.5, 0.6) is 0 Å². The third-order valence-corrected chi connectivity index (χ3v) is 5.21. The van der Waals surface area contributed by atoms with Gasteiger partial charge >= 0.3 is 5.97 Å². The maximum atomic E-state index is 12.6. The molecule has 0 spiro atoms. The summed E-state index contributed by atoms with van der Waals surface area (Å²) < 4.78 is 5.07. The molecule has 1 aromatic rings. The second-order valence-corrected chi connectivity index (χ2v) is 7.34. The summed E-state index contributed by atoms with van der Waals surface area (Å²) in [6, 6.07) is 8.22. The fourth-order valence-corrected chi connectivity index (χ4v) is 3.68. The van der Waals surface area contributed by atoms with E-state index in [1.807, 2.05) is 18.7 Å². The highest BCUT2D eigenvalue weighted by atomic mass is 32.2. The van der Waals surface area contributed by atoms with Crippen molar-refractivity contribution in [2.45, 2.75) is 43.8 Å². The zero-order valence-electron chi connectivity index (χ0n) is 14.1. The summed E-state index contributed by atoms with van der Waals surface area (Å²) in [7, 11) is 0. The van der Waals surface area contributed by atoms with Crippen molar-refractivity contribution in [3.63, 3.8) is 0 Å². The van der Waals surface area contributed by atoms with Gasteiger partial charge in [-0.25, -0.2) is 0 Å². The van der Waals surface area contributed by atoms with Gasteiger partial charge in [-0.2, -0.15) is 0 Å². The molecule has 0 bridgehead atoms. The molecular formula is C18H25NO3S. The zero-order chi connectivity index (χ0) is 16.8. The number of piperidine rings is 1. The summed E-state index contributed by atoms with van der Waals surface area (Å²) in [5.74, 6) is -0.0291. The zero-order valence-corrected chi connectivity index (χ0v) is 14.9. The van der Waals surface area contributed by atoms with Crippen molar-refractivity contribution in [1.82, 2.24) is 4.90 Å². The summed E-state index contributed by atoms with van der Waals surface area (Å²) in [4.78, 5) is 27.3. The minimum atomic E-state index is -0.123. The molecule has 1 saturated heterocycles. The maximum Gasteiger partial charge on any atom is 0.309 e. The fourth-order valence-electron chi connectivity index (χ4n) is 2.72. The van der Waals surface area contributed by atoms with Crippen molar-refractivity contribution >= 4 is 23.6 Å². The van der Waals surface area contributed by atoms with Crippen LogP contribution in [0.2, 0.25) is 0 Å². The van der Waals surface area contributed by atoms with E-state index in [4.69, 9.17) is 4.74 Å². The molecule has 0 N–H and O–H groups in total. The molecule has 5 heteroatoms. The lowest BCUT2D eigenvalue weighted by atomic mass is 9.97. The number of nitrogens with zero attached hydrogens (tertiary/aromatic N) is 1. The van der Waals surface area contributed by atoms with Crippen LogP contribution in [0.25, 0.3) is 0 Å². The first kappa shape index (κ1) is 17.9. The molecule has 126 valence electrons. The Kier molecular flexibility index (Phi) is 6.51. The molecule has 1 amide bonds. The van der Waals surface area contributed by atoms with Crippen LogP contribution < -0.4 is 0 Å². The molecule has 1 aliphatic heterocycles. The smallest absolute Gasteiger partial charge is 0.309 e. The third-order valence-electron chi connectivity index (χ3n) is 4.11. The molecule has 0 saturated carbocycles. The van der Waals surface area contributed by atoms with Gasteiger partial charge in [0, 0.05) is 18.0 Å². The molecule has 4 nitrogen and oxygen atoms in total. The number of esters is 1. The van der Waals surface area contributed by atoms with Crippen molar-refractivity contribution in [3.8, 4) is 0 Å². The van der Waals surface area contributed by atoms with Gasteiger partial charge < -0.3 is 9.64 Å². The predicted molar refractivity (Wildman–Crippen MR) is 92.4 cm³/mol. The SMILES string of the molecule is CCOC(=O)C1CCN(C(=O)[C@@H](C)Sc2ccc(C)cc2)CC1. The minimum absolute atomic E-state index is 0.0564. The molecule has 0 aliphatic carbocycles. The number of amides is 1. The number of benzene rings is 1. The van der Waals surface area contributed by atoms with Crippen LogP contribution in [0.3, 0.4) is 0 Å². The number of hydrogen-bond acceptors (Lipinski definition) is 4. The monoisotopic (exact) mass is 335 g/mol. The lowest BCUT2D eigenvalue weighted by molar-refractivity contribution is -0.151. The van der Waals surface area contributed by atoms with E-state index < -0.39 is 0 Å². The molecule has 1 fully saturated rings. The van der Waals surface area contributed by atoms with Crippen LogP contribution in [-0.4, -0.2) is 41.7 Å². The highest BCUT2D eigenvalue weighted by Crippen LogP contribution is 2.27. The lowest BCUT2D eigenvalue weighted by Crippen LogP contribution is -2.43. The first-order chi connectivity index (χ1) is 11.0. The predicted octanol–water partition coefficient (Wildman–Crippen LogP) is 3.28. The normalized spacial score (nSPS) is 16.9. The Hall–Kier alpha value is -1.49. The Labute approximate surface area is 142 Å². The first-order valence-electron chi connectivity index (χ1n) is 8.20. The van der Waals surface area contributed by atoms with Crippen LogP contribution >= 0.6 is 11.8 Å². The van der Waals surface area contributed by atoms with Crippen LogP contribution in [0.15, 0.2) is 29.2 Å². The number of ether oxygens (including phenoxy) is 1. The summed E-state index contributed by atoms with van der Waals surface area (Å²) in [6.45, 7) is 7.52.